The molecule has 11 heteroatoms. The third-order valence-electron chi connectivity index (χ3n) is 3.73. The number of halogens is 3. The van der Waals surface area contributed by atoms with Crippen LogP contribution in [-0.2, 0) is 16.1 Å². The molecule has 0 amide bonds. The summed E-state index contributed by atoms with van der Waals surface area (Å²) in [4.78, 5) is 33.6. The van der Waals surface area contributed by atoms with Crippen molar-refractivity contribution in [3.05, 3.63) is 57.1 Å². The Morgan fingerprint density at radius 3 is 2.57 bits per heavy atom. The van der Waals surface area contributed by atoms with Gasteiger partial charge in [-0.1, -0.05) is 0 Å². The topological polar surface area (TPSA) is 105 Å². The number of rotatable bonds is 7. The van der Waals surface area contributed by atoms with Crippen molar-refractivity contribution >= 4 is 23.7 Å². The number of nitro groups is 1. The Kier molecular flexibility index (Phi) is 6.06. The number of hydrogen-bond donors (Lipinski definition) is 0. The van der Waals surface area contributed by atoms with Crippen molar-refractivity contribution in [2.75, 3.05) is 6.61 Å². The van der Waals surface area contributed by atoms with Crippen molar-refractivity contribution in [3.8, 4) is 0 Å². The van der Waals surface area contributed by atoms with Gasteiger partial charge in [0.25, 0.3) is 0 Å². The summed E-state index contributed by atoms with van der Waals surface area (Å²) < 4.78 is 48.3. The second-order valence-electron chi connectivity index (χ2n) is 5.78. The van der Waals surface area contributed by atoms with Crippen molar-refractivity contribution in [3.63, 3.8) is 0 Å². The predicted molar refractivity (Wildman–Crippen MR) is 89.6 cm³/mol. The summed E-state index contributed by atoms with van der Waals surface area (Å²) in [6, 6.07) is 3.67. The molecule has 28 heavy (non-hydrogen) atoms. The van der Waals surface area contributed by atoms with Gasteiger partial charge in [0.1, 0.15) is 17.2 Å². The predicted octanol–water partition coefficient (Wildman–Crippen LogP) is 3.61. The highest BCUT2D eigenvalue weighted by atomic mass is 19.4. The minimum Gasteiger partial charge on any atom is -0.454 e. The summed E-state index contributed by atoms with van der Waals surface area (Å²) in [7, 11) is 0. The summed E-state index contributed by atoms with van der Waals surface area (Å²) in [6.07, 6.45) is -2.41. The number of aryl methyl sites for hydroxylation is 1. The van der Waals surface area contributed by atoms with E-state index in [1.807, 2.05) is 0 Å². The van der Waals surface area contributed by atoms with E-state index in [0.717, 1.165) is 22.8 Å². The Morgan fingerprint density at radius 1 is 1.32 bits per heavy atom. The van der Waals surface area contributed by atoms with Crippen LogP contribution < -0.4 is 0 Å². The fraction of sp³-hybridized carbons (Fsp3) is 0.294. The molecule has 0 N–H and O–H groups in total. The molecule has 0 aliphatic heterocycles. The van der Waals surface area contributed by atoms with E-state index in [-0.39, 0.29) is 22.7 Å². The Hall–Kier alpha value is -3.37. The van der Waals surface area contributed by atoms with E-state index in [1.54, 1.807) is 0 Å². The lowest BCUT2D eigenvalue weighted by atomic mass is 10.1. The second-order valence-corrected chi connectivity index (χ2v) is 5.78. The van der Waals surface area contributed by atoms with Crippen molar-refractivity contribution in [2.45, 2.75) is 26.6 Å². The van der Waals surface area contributed by atoms with E-state index in [4.69, 9.17) is 9.15 Å². The van der Waals surface area contributed by atoms with Crippen LogP contribution in [0, 0.1) is 24.0 Å². The minimum atomic E-state index is -4.44. The molecule has 0 spiro atoms. The van der Waals surface area contributed by atoms with Gasteiger partial charge in [-0.25, -0.2) is 4.79 Å². The fourth-order valence-corrected chi connectivity index (χ4v) is 2.45. The SMILES string of the molecule is Cc1cc(C(=O)COC(=O)/C=C/c2ccc([N+](=O)[O-])o2)c(C)n1CC(F)(F)F. The third-order valence-corrected chi connectivity index (χ3v) is 3.73. The van der Waals surface area contributed by atoms with Gasteiger partial charge in [-0.2, -0.15) is 13.2 Å². The van der Waals surface area contributed by atoms with Gasteiger partial charge in [0, 0.05) is 23.0 Å². The van der Waals surface area contributed by atoms with E-state index in [2.05, 4.69) is 0 Å². The molecule has 0 aliphatic rings. The number of ketones is 1. The van der Waals surface area contributed by atoms with Crippen LogP contribution in [0.2, 0.25) is 0 Å². The molecular formula is C17H15F3N2O6. The lowest BCUT2D eigenvalue weighted by Gasteiger charge is -2.12. The summed E-state index contributed by atoms with van der Waals surface area (Å²) in [6.45, 7) is 0.915. The number of carbonyl (C=O) groups is 2. The standard InChI is InChI=1S/C17H15F3N2O6/c1-10-7-13(11(2)21(10)9-17(18,19)20)14(23)8-27-16(24)6-4-12-3-5-15(28-12)22(25)26/h3-7H,8-9H2,1-2H3/b6-4+. The van der Waals surface area contributed by atoms with Crippen LogP contribution in [0.3, 0.4) is 0 Å². The first-order valence-electron chi connectivity index (χ1n) is 7.83. The molecule has 0 saturated carbocycles. The van der Waals surface area contributed by atoms with Gasteiger partial charge in [-0.3, -0.25) is 14.9 Å². The van der Waals surface area contributed by atoms with Crippen LogP contribution in [0.5, 0.6) is 0 Å². The molecule has 0 radical (unpaired) electrons. The number of furan rings is 1. The number of aromatic nitrogens is 1. The molecule has 2 rings (SSSR count). The number of nitrogens with zero attached hydrogens (tertiary/aromatic N) is 2. The first kappa shape index (κ1) is 20.9. The van der Waals surface area contributed by atoms with Crippen molar-refractivity contribution < 1.29 is 36.8 Å². The number of Topliss-reactive ketones (excluding diaryl/α,β-unsaturated/α-hetero) is 1. The van der Waals surface area contributed by atoms with Gasteiger partial charge < -0.3 is 13.7 Å². The van der Waals surface area contributed by atoms with Crippen LogP contribution in [-0.4, -0.2) is 34.0 Å². The van der Waals surface area contributed by atoms with E-state index >= 15 is 0 Å². The molecule has 2 aromatic heterocycles. The van der Waals surface area contributed by atoms with Crippen LogP contribution in [0.4, 0.5) is 19.1 Å². The maximum atomic E-state index is 12.6. The first-order chi connectivity index (χ1) is 13.0. The molecule has 0 bridgehead atoms. The maximum Gasteiger partial charge on any atom is 0.433 e. The highest BCUT2D eigenvalue weighted by Crippen LogP contribution is 2.23. The first-order valence-corrected chi connectivity index (χ1v) is 7.83. The molecule has 0 aliphatic carbocycles. The third kappa shape index (κ3) is 5.32. The van der Waals surface area contributed by atoms with Gasteiger partial charge in [-0.05, 0) is 32.1 Å². The highest BCUT2D eigenvalue weighted by Gasteiger charge is 2.30. The van der Waals surface area contributed by atoms with Crippen molar-refractivity contribution in [1.29, 1.82) is 0 Å². The number of hydrogen-bond acceptors (Lipinski definition) is 6. The van der Waals surface area contributed by atoms with Crippen LogP contribution in [0.25, 0.3) is 6.08 Å². The Bertz CT molecular complexity index is 939. The molecule has 2 heterocycles. The zero-order chi connectivity index (χ0) is 21.1. The normalized spacial score (nSPS) is 11.8. The highest BCUT2D eigenvalue weighted by molar-refractivity contribution is 6.00. The lowest BCUT2D eigenvalue weighted by molar-refractivity contribution is -0.402. The average Bonchev–Trinajstić information content (AvgIpc) is 3.17. The van der Waals surface area contributed by atoms with Gasteiger partial charge in [0.15, 0.2) is 6.61 Å². The van der Waals surface area contributed by atoms with Gasteiger partial charge in [0.2, 0.25) is 5.78 Å². The van der Waals surface area contributed by atoms with E-state index in [1.165, 1.54) is 26.0 Å². The molecule has 0 unspecified atom stereocenters. The van der Waals surface area contributed by atoms with Crippen LogP contribution in [0.15, 0.2) is 28.7 Å². The molecule has 2 aromatic rings. The van der Waals surface area contributed by atoms with E-state index in [9.17, 15) is 32.9 Å². The molecule has 8 nitrogen and oxygen atoms in total. The second kappa shape index (κ2) is 8.11. The zero-order valence-electron chi connectivity index (χ0n) is 14.8. The van der Waals surface area contributed by atoms with Crippen molar-refractivity contribution in [2.24, 2.45) is 0 Å². The molecule has 0 saturated heterocycles. The summed E-state index contributed by atoms with van der Waals surface area (Å²) in [5.41, 5.74) is 0.401. The fourth-order valence-electron chi connectivity index (χ4n) is 2.45. The van der Waals surface area contributed by atoms with Gasteiger partial charge in [-0.15, -0.1) is 0 Å². The lowest BCUT2D eigenvalue weighted by Crippen LogP contribution is -2.20. The number of esters is 1. The number of alkyl halides is 3. The molecule has 150 valence electrons. The molecule has 0 fully saturated rings. The number of carbonyl (C=O) groups excluding carboxylic acids is 2. The Morgan fingerprint density at radius 2 is 2.00 bits per heavy atom. The Balaban J connectivity index is 1.98. The zero-order valence-corrected chi connectivity index (χ0v) is 14.8. The molecular weight excluding hydrogens is 385 g/mol. The smallest absolute Gasteiger partial charge is 0.433 e. The summed E-state index contributed by atoms with van der Waals surface area (Å²) >= 11 is 0. The monoisotopic (exact) mass is 400 g/mol. The van der Waals surface area contributed by atoms with E-state index in [0.29, 0.717) is 0 Å². The van der Waals surface area contributed by atoms with Gasteiger partial charge in [0.05, 0.1) is 6.07 Å². The summed E-state index contributed by atoms with van der Waals surface area (Å²) in [5.74, 6) is -2.04. The molecule has 0 atom stereocenters. The summed E-state index contributed by atoms with van der Waals surface area (Å²) in [5, 5.41) is 10.5. The van der Waals surface area contributed by atoms with Gasteiger partial charge >= 0.3 is 18.0 Å². The average molecular weight is 400 g/mol. The van der Waals surface area contributed by atoms with E-state index < -0.39 is 41.9 Å². The largest absolute Gasteiger partial charge is 0.454 e. The quantitative estimate of drug-likeness (QED) is 0.231. The minimum absolute atomic E-state index is 0.0280. The van der Waals surface area contributed by atoms with Crippen molar-refractivity contribution in [1.82, 2.24) is 4.57 Å². The van der Waals surface area contributed by atoms with Crippen LogP contribution >= 0.6 is 0 Å². The van der Waals surface area contributed by atoms with Crippen LogP contribution in [0.1, 0.15) is 27.5 Å². The molecule has 0 aromatic carbocycles. The Labute approximate surface area is 156 Å². The number of ether oxygens (including phenoxy) is 1. The maximum absolute atomic E-state index is 12.6.